The van der Waals surface area contributed by atoms with Crippen LogP contribution in [0.1, 0.15) is 13.8 Å². The van der Waals surface area contributed by atoms with Crippen LogP contribution >= 0.6 is 11.8 Å². The Hall–Kier alpha value is -1.33. The van der Waals surface area contributed by atoms with Crippen LogP contribution in [0.5, 0.6) is 0 Å². The summed E-state index contributed by atoms with van der Waals surface area (Å²) in [5.41, 5.74) is 0.804. The largest absolute Gasteiger partial charge is 0.378 e. The Balaban J connectivity index is 2.81. The molecule has 1 heterocycles. The lowest BCUT2D eigenvalue weighted by molar-refractivity contribution is 0.0676. The Bertz CT molecular complexity index is 435. The van der Waals surface area contributed by atoms with Crippen molar-refractivity contribution >= 4 is 22.6 Å². The Kier molecular flexibility index (Phi) is 8.78. The van der Waals surface area contributed by atoms with E-state index in [1.165, 1.54) is 0 Å². The fraction of sp³-hybridized carbons (Fsp3) is 0.500. The molecule has 0 aromatic heterocycles. The maximum atomic E-state index is 5.39. The Morgan fingerprint density at radius 1 is 1.38 bits per heavy atom. The van der Waals surface area contributed by atoms with E-state index >= 15 is 0 Å². The van der Waals surface area contributed by atoms with Gasteiger partial charge in [-0.3, -0.25) is 4.99 Å². The number of hydrogen-bond acceptors (Lipinski definition) is 4. The monoisotopic (exact) mass is 307 g/mol. The first kappa shape index (κ1) is 17.7. The van der Waals surface area contributed by atoms with Gasteiger partial charge in [0.15, 0.2) is 0 Å². The summed E-state index contributed by atoms with van der Waals surface area (Å²) in [6.07, 6.45) is 5.65. The van der Waals surface area contributed by atoms with Crippen LogP contribution < -0.4 is 0 Å². The van der Waals surface area contributed by atoms with Crippen LogP contribution in [0.3, 0.4) is 0 Å². The number of rotatable bonds is 6. The Morgan fingerprint density at radius 2 is 2.10 bits per heavy atom. The highest BCUT2D eigenvalue weighted by Gasteiger charge is 2.14. The van der Waals surface area contributed by atoms with Gasteiger partial charge in [0.05, 0.1) is 24.8 Å². The molecular weight excluding hydrogens is 282 g/mol. The Morgan fingerprint density at radius 3 is 2.67 bits per heavy atom. The third-order valence-electron chi connectivity index (χ3n) is 2.74. The van der Waals surface area contributed by atoms with Crippen molar-refractivity contribution in [2.75, 3.05) is 38.6 Å². The zero-order valence-corrected chi connectivity index (χ0v) is 13.9. The molecule has 116 valence electrons. The summed E-state index contributed by atoms with van der Waals surface area (Å²) in [6.45, 7) is 15.4. The van der Waals surface area contributed by atoms with Crippen molar-refractivity contribution < 1.29 is 4.74 Å². The standard InChI is InChI=1S/C16H25N3OS/c1-5-7-8-16(21-6-2)17-13-15(18-14(3)4)19-9-11-20-12-10-19/h5,7-8H,1,3,6,9-13H2,2,4H3/b8-7+,17-16?,18-15?. The summed E-state index contributed by atoms with van der Waals surface area (Å²) in [5.74, 6) is 1.96. The van der Waals surface area contributed by atoms with Crippen molar-refractivity contribution in [3.05, 3.63) is 37.1 Å². The van der Waals surface area contributed by atoms with Gasteiger partial charge >= 0.3 is 0 Å². The number of amidine groups is 1. The molecule has 1 aliphatic rings. The molecule has 4 nitrogen and oxygen atoms in total. The van der Waals surface area contributed by atoms with E-state index in [4.69, 9.17) is 4.74 Å². The van der Waals surface area contributed by atoms with E-state index in [9.17, 15) is 0 Å². The van der Waals surface area contributed by atoms with Crippen LogP contribution in [-0.4, -0.2) is 54.4 Å². The number of hydrogen-bond donors (Lipinski definition) is 0. The third kappa shape index (κ3) is 7.29. The quantitative estimate of drug-likeness (QED) is 0.430. The molecule has 0 spiro atoms. The van der Waals surface area contributed by atoms with Crippen LogP contribution in [-0.2, 0) is 4.74 Å². The van der Waals surface area contributed by atoms with Crippen molar-refractivity contribution in [1.29, 1.82) is 0 Å². The van der Waals surface area contributed by atoms with E-state index in [1.54, 1.807) is 17.8 Å². The summed E-state index contributed by atoms with van der Waals surface area (Å²) in [4.78, 5) is 11.4. The molecule has 0 bridgehead atoms. The molecule has 0 aliphatic carbocycles. The highest BCUT2D eigenvalue weighted by Crippen LogP contribution is 2.08. The number of nitrogens with zero attached hydrogens (tertiary/aromatic N) is 3. The van der Waals surface area contributed by atoms with Gasteiger partial charge in [-0.2, -0.15) is 0 Å². The van der Waals surface area contributed by atoms with E-state index in [2.05, 4.69) is 35.0 Å². The van der Waals surface area contributed by atoms with Gasteiger partial charge in [-0.15, -0.1) is 11.8 Å². The molecule has 0 atom stereocenters. The lowest BCUT2D eigenvalue weighted by Crippen LogP contribution is -2.42. The summed E-state index contributed by atoms with van der Waals surface area (Å²) in [7, 11) is 0. The van der Waals surface area contributed by atoms with Crippen LogP contribution in [0.25, 0.3) is 0 Å². The van der Waals surface area contributed by atoms with E-state index in [1.807, 2.05) is 19.1 Å². The van der Waals surface area contributed by atoms with Gasteiger partial charge in [-0.1, -0.05) is 32.2 Å². The molecule has 1 saturated heterocycles. The SMILES string of the molecule is C=C/C=C/C(=NCC(=NC(=C)C)N1CCOCC1)SCC. The van der Waals surface area contributed by atoms with Gasteiger partial charge in [0, 0.05) is 18.8 Å². The average molecular weight is 307 g/mol. The molecule has 0 N–H and O–H groups in total. The number of thioether (sulfide) groups is 1. The fourth-order valence-corrected chi connectivity index (χ4v) is 2.47. The highest BCUT2D eigenvalue weighted by molar-refractivity contribution is 8.14. The number of aliphatic imine (C=N–C) groups is 2. The zero-order chi connectivity index (χ0) is 15.5. The van der Waals surface area contributed by atoms with E-state index in [-0.39, 0.29) is 0 Å². The molecule has 1 aliphatic heterocycles. The van der Waals surface area contributed by atoms with Crippen molar-refractivity contribution in [3.63, 3.8) is 0 Å². The molecule has 0 aromatic carbocycles. The minimum Gasteiger partial charge on any atom is -0.378 e. The van der Waals surface area contributed by atoms with Gasteiger partial charge in [0.1, 0.15) is 5.84 Å². The van der Waals surface area contributed by atoms with Crippen molar-refractivity contribution in [1.82, 2.24) is 4.90 Å². The Labute approximate surface area is 132 Å². The molecule has 0 saturated carbocycles. The minimum atomic E-state index is 0.566. The lowest BCUT2D eigenvalue weighted by Gasteiger charge is -2.29. The molecule has 1 fully saturated rings. The smallest absolute Gasteiger partial charge is 0.126 e. The zero-order valence-electron chi connectivity index (χ0n) is 13.0. The number of morpholine rings is 1. The summed E-state index contributed by atoms with van der Waals surface area (Å²) in [5, 5.41) is 1.00. The van der Waals surface area contributed by atoms with Crippen LogP contribution in [0.2, 0.25) is 0 Å². The van der Waals surface area contributed by atoms with Gasteiger partial charge in [0.2, 0.25) is 0 Å². The molecule has 1 rings (SSSR count). The average Bonchev–Trinajstić information content (AvgIpc) is 2.49. The van der Waals surface area contributed by atoms with Crippen molar-refractivity contribution in [2.45, 2.75) is 13.8 Å². The van der Waals surface area contributed by atoms with Crippen LogP contribution in [0.15, 0.2) is 47.1 Å². The van der Waals surface area contributed by atoms with Gasteiger partial charge in [-0.05, 0) is 18.8 Å². The van der Waals surface area contributed by atoms with Crippen LogP contribution in [0.4, 0.5) is 0 Å². The molecule has 0 aromatic rings. The second-order valence-corrected chi connectivity index (χ2v) is 5.83. The summed E-state index contributed by atoms with van der Waals surface area (Å²) >= 11 is 1.72. The fourth-order valence-electron chi connectivity index (χ4n) is 1.84. The summed E-state index contributed by atoms with van der Waals surface area (Å²) < 4.78 is 5.39. The first-order chi connectivity index (χ1) is 10.2. The van der Waals surface area contributed by atoms with Crippen molar-refractivity contribution in [2.24, 2.45) is 9.98 Å². The predicted octanol–water partition coefficient (Wildman–Crippen LogP) is 3.14. The second-order valence-electron chi connectivity index (χ2n) is 4.55. The first-order valence-electron chi connectivity index (χ1n) is 7.19. The van der Waals surface area contributed by atoms with Crippen LogP contribution in [0, 0.1) is 0 Å². The third-order valence-corrected chi connectivity index (χ3v) is 3.59. The molecule has 0 unspecified atom stereocenters. The number of allylic oxidation sites excluding steroid dienone is 3. The molecular formula is C16H25N3OS. The highest BCUT2D eigenvalue weighted by atomic mass is 32.2. The maximum absolute atomic E-state index is 5.39. The van der Waals surface area contributed by atoms with Gasteiger partial charge < -0.3 is 9.64 Å². The first-order valence-corrected chi connectivity index (χ1v) is 8.18. The predicted molar refractivity (Wildman–Crippen MR) is 94.4 cm³/mol. The minimum absolute atomic E-state index is 0.566. The van der Waals surface area contributed by atoms with E-state index < -0.39 is 0 Å². The molecule has 0 radical (unpaired) electrons. The molecule has 21 heavy (non-hydrogen) atoms. The topological polar surface area (TPSA) is 37.2 Å². The molecule has 0 amide bonds. The van der Waals surface area contributed by atoms with Gasteiger partial charge in [-0.25, -0.2) is 4.99 Å². The second kappa shape index (κ2) is 10.4. The van der Waals surface area contributed by atoms with Crippen molar-refractivity contribution in [3.8, 4) is 0 Å². The normalized spacial score (nSPS) is 17.3. The van der Waals surface area contributed by atoms with Gasteiger partial charge in [0.25, 0.3) is 0 Å². The lowest BCUT2D eigenvalue weighted by atomic mass is 10.3. The maximum Gasteiger partial charge on any atom is 0.126 e. The number of ether oxygens (including phenoxy) is 1. The van der Waals surface area contributed by atoms with E-state index in [0.29, 0.717) is 6.54 Å². The summed E-state index contributed by atoms with van der Waals surface area (Å²) in [6, 6.07) is 0. The van der Waals surface area contributed by atoms with E-state index in [0.717, 1.165) is 48.6 Å². The molecule has 5 heteroatoms.